The largest absolute Gasteiger partial charge is 0.481 e. The summed E-state index contributed by atoms with van der Waals surface area (Å²) in [7, 11) is 1.59. The Hall–Kier alpha value is -2.28. The number of rotatable bonds is 8. The molecule has 0 spiro atoms. The standard InChI is InChI=1S/C14H20N2O5/c1-9(13(17)16-6-3-7-20-2)21-10-4-5-12(15)11(8-10)14(18)19/h4-5,8-9H,3,6-7,15H2,1-2H3,(H,16,17)(H,18,19). The normalized spacial score (nSPS) is 11.7. The van der Waals surface area contributed by atoms with Crippen LogP contribution in [-0.2, 0) is 9.53 Å². The summed E-state index contributed by atoms with van der Waals surface area (Å²) >= 11 is 0. The molecule has 0 saturated carbocycles. The monoisotopic (exact) mass is 296 g/mol. The highest BCUT2D eigenvalue weighted by Crippen LogP contribution is 2.20. The van der Waals surface area contributed by atoms with Gasteiger partial charge in [-0.15, -0.1) is 0 Å². The number of benzene rings is 1. The Morgan fingerprint density at radius 2 is 2.14 bits per heavy atom. The molecule has 21 heavy (non-hydrogen) atoms. The third kappa shape index (κ3) is 5.31. The molecule has 1 atom stereocenters. The summed E-state index contributed by atoms with van der Waals surface area (Å²) in [6, 6.07) is 4.25. The van der Waals surface area contributed by atoms with Crippen LogP contribution in [0.15, 0.2) is 18.2 Å². The smallest absolute Gasteiger partial charge is 0.337 e. The van der Waals surface area contributed by atoms with Gasteiger partial charge in [0.1, 0.15) is 5.75 Å². The molecule has 4 N–H and O–H groups in total. The van der Waals surface area contributed by atoms with Crippen LogP contribution >= 0.6 is 0 Å². The van der Waals surface area contributed by atoms with Crippen LogP contribution in [0.2, 0.25) is 0 Å². The topological polar surface area (TPSA) is 111 Å². The number of amides is 1. The van der Waals surface area contributed by atoms with Crippen LogP contribution in [0.4, 0.5) is 5.69 Å². The second-order valence-electron chi connectivity index (χ2n) is 4.45. The molecule has 1 amide bonds. The van der Waals surface area contributed by atoms with Gasteiger partial charge in [0.25, 0.3) is 5.91 Å². The molecule has 1 aromatic rings. The molecule has 0 aliphatic rings. The number of hydrogen-bond donors (Lipinski definition) is 3. The molecular formula is C14H20N2O5. The number of nitrogen functional groups attached to an aromatic ring is 1. The van der Waals surface area contributed by atoms with Crippen molar-refractivity contribution in [3.8, 4) is 5.75 Å². The van der Waals surface area contributed by atoms with E-state index < -0.39 is 12.1 Å². The third-order valence-electron chi connectivity index (χ3n) is 2.76. The molecule has 0 fully saturated rings. The molecule has 0 saturated heterocycles. The van der Waals surface area contributed by atoms with E-state index in [2.05, 4.69) is 5.32 Å². The van der Waals surface area contributed by atoms with Crippen LogP contribution in [0.25, 0.3) is 0 Å². The third-order valence-corrected chi connectivity index (χ3v) is 2.76. The molecule has 116 valence electrons. The molecule has 1 unspecified atom stereocenters. The number of ether oxygens (including phenoxy) is 2. The maximum absolute atomic E-state index is 11.8. The van der Waals surface area contributed by atoms with Crippen molar-refractivity contribution < 1.29 is 24.2 Å². The second-order valence-corrected chi connectivity index (χ2v) is 4.45. The van der Waals surface area contributed by atoms with Crippen LogP contribution in [0, 0.1) is 0 Å². The number of anilines is 1. The predicted molar refractivity (Wildman–Crippen MR) is 77.4 cm³/mol. The predicted octanol–water partition coefficient (Wildman–Crippen LogP) is 0.887. The second kappa shape index (κ2) is 8.11. The first kappa shape index (κ1) is 16.8. The maximum atomic E-state index is 11.8. The van der Waals surface area contributed by atoms with Crippen molar-refractivity contribution in [3.63, 3.8) is 0 Å². The van der Waals surface area contributed by atoms with E-state index in [0.717, 1.165) is 0 Å². The molecule has 1 rings (SSSR count). The molecule has 0 aliphatic carbocycles. The lowest BCUT2D eigenvalue weighted by molar-refractivity contribution is -0.127. The van der Waals surface area contributed by atoms with Crippen LogP contribution in [0.3, 0.4) is 0 Å². The minimum atomic E-state index is -1.14. The van der Waals surface area contributed by atoms with Gasteiger partial charge in [-0.1, -0.05) is 0 Å². The first-order valence-electron chi connectivity index (χ1n) is 6.51. The zero-order valence-corrected chi connectivity index (χ0v) is 12.1. The summed E-state index contributed by atoms with van der Waals surface area (Å²) in [6.07, 6.45) is -0.0298. The van der Waals surface area contributed by atoms with Crippen molar-refractivity contribution in [2.75, 3.05) is 26.0 Å². The molecule has 7 heteroatoms. The van der Waals surface area contributed by atoms with Crippen molar-refractivity contribution in [3.05, 3.63) is 23.8 Å². The summed E-state index contributed by atoms with van der Waals surface area (Å²) in [4.78, 5) is 22.7. The fourth-order valence-corrected chi connectivity index (χ4v) is 1.62. The highest BCUT2D eigenvalue weighted by Gasteiger charge is 2.16. The average molecular weight is 296 g/mol. The zero-order chi connectivity index (χ0) is 15.8. The van der Waals surface area contributed by atoms with Gasteiger partial charge in [-0.2, -0.15) is 0 Å². The molecule has 7 nitrogen and oxygen atoms in total. The number of carbonyl (C=O) groups excluding carboxylic acids is 1. The van der Waals surface area contributed by atoms with Gasteiger partial charge in [0.2, 0.25) is 0 Å². The van der Waals surface area contributed by atoms with Gasteiger partial charge in [0.15, 0.2) is 6.10 Å². The quantitative estimate of drug-likeness (QED) is 0.485. The summed E-state index contributed by atoms with van der Waals surface area (Å²) in [5.74, 6) is -1.14. The molecule has 0 aromatic heterocycles. The number of carboxylic acids is 1. The first-order valence-corrected chi connectivity index (χ1v) is 6.51. The highest BCUT2D eigenvalue weighted by atomic mass is 16.5. The van der Waals surface area contributed by atoms with Crippen molar-refractivity contribution in [1.29, 1.82) is 0 Å². The minimum Gasteiger partial charge on any atom is -0.481 e. The molecule has 1 aromatic carbocycles. The van der Waals surface area contributed by atoms with Gasteiger partial charge in [-0.3, -0.25) is 4.79 Å². The summed E-state index contributed by atoms with van der Waals surface area (Å²) in [5, 5.41) is 11.7. The van der Waals surface area contributed by atoms with Gasteiger partial charge in [-0.05, 0) is 31.5 Å². The Bertz CT molecular complexity index is 504. The fraction of sp³-hybridized carbons (Fsp3) is 0.429. The van der Waals surface area contributed by atoms with Gasteiger partial charge in [0.05, 0.1) is 5.56 Å². The number of hydrogen-bond acceptors (Lipinski definition) is 5. The zero-order valence-electron chi connectivity index (χ0n) is 12.1. The van der Waals surface area contributed by atoms with E-state index in [-0.39, 0.29) is 22.9 Å². The van der Waals surface area contributed by atoms with Crippen molar-refractivity contribution in [2.45, 2.75) is 19.4 Å². The first-order chi connectivity index (χ1) is 9.95. The summed E-state index contributed by atoms with van der Waals surface area (Å²) in [5.41, 5.74) is 5.64. The van der Waals surface area contributed by atoms with Crippen molar-refractivity contribution >= 4 is 17.6 Å². The lowest BCUT2D eigenvalue weighted by Crippen LogP contribution is -2.37. The summed E-state index contributed by atoms with van der Waals surface area (Å²) in [6.45, 7) is 2.64. The number of carboxylic acid groups (broad SMARTS) is 1. The van der Waals surface area contributed by atoms with Gasteiger partial charge >= 0.3 is 5.97 Å². The van der Waals surface area contributed by atoms with E-state index in [0.29, 0.717) is 19.6 Å². The summed E-state index contributed by atoms with van der Waals surface area (Å²) < 4.78 is 10.3. The number of aromatic carboxylic acids is 1. The van der Waals surface area contributed by atoms with Gasteiger partial charge in [0, 0.05) is 25.9 Å². The lowest BCUT2D eigenvalue weighted by Gasteiger charge is -2.15. The number of carbonyl (C=O) groups is 2. The van der Waals surface area contributed by atoms with E-state index in [1.807, 2.05) is 0 Å². The van der Waals surface area contributed by atoms with E-state index >= 15 is 0 Å². The Labute approximate surface area is 123 Å². The van der Waals surface area contributed by atoms with E-state index in [1.165, 1.54) is 18.2 Å². The fourth-order valence-electron chi connectivity index (χ4n) is 1.62. The van der Waals surface area contributed by atoms with Crippen LogP contribution in [-0.4, -0.2) is 43.3 Å². The SMILES string of the molecule is COCCCNC(=O)C(C)Oc1ccc(N)c(C(=O)O)c1. The lowest BCUT2D eigenvalue weighted by atomic mass is 10.1. The van der Waals surface area contributed by atoms with E-state index in [4.69, 9.17) is 20.3 Å². The Morgan fingerprint density at radius 3 is 2.76 bits per heavy atom. The Morgan fingerprint density at radius 1 is 1.43 bits per heavy atom. The maximum Gasteiger partial charge on any atom is 0.337 e. The number of nitrogens with two attached hydrogens (primary N) is 1. The van der Waals surface area contributed by atoms with Crippen LogP contribution < -0.4 is 15.8 Å². The van der Waals surface area contributed by atoms with E-state index in [1.54, 1.807) is 14.0 Å². The number of methoxy groups -OCH3 is 1. The molecular weight excluding hydrogens is 276 g/mol. The molecule has 0 aliphatic heterocycles. The minimum absolute atomic E-state index is 0.0554. The molecule has 0 bridgehead atoms. The van der Waals surface area contributed by atoms with Crippen molar-refractivity contribution in [1.82, 2.24) is 5.32 Å². The Kier molecular flexibility index (Phi) is 6.48. The average Bonchev–Trinajstić information content (AvgIpc) is 2.45. The van der Waals surface area contributed by atoms with Gasteiger partial charge in [-0.25, -0.2) is 4.79 Å². The van der Waals surface area contributed by atoms with Crippen LogP contribution in [0.5, 0.6) is 5.75 Å². The number of nitrogens with one attached hydrogen (secondary N) is 1. The highest BCUT2D eigenvalue weighted by molar-refractivity contribution is 5.94. The van der Waals surface area contributed by atoms with Crippen molar-refractivity contribution in [2.24, 2.45) is 0 Å². The van der Waals surface area contributed by atoms with Gasteiger partial charge < -0.3 is 25.6 Å². The van der Waals surface area contributed by atoms with Crippen LogP contribution in [0.1, 0.15) is 23.7 Å². The molecule has 0 radical (unpaired) electrons. The van der Waals surface area contributed by atoms with E-state index in [9.17, 15) is 9.59 Å². The molecule has 0 heterocycles. The Balaban J connectivity index is 2.58.